The number of phenols is 1. The molecular weight excluding hydrogens is 437 g/mol. The second-order valence-corrected chi connectivity index (χ2v) is 6.61. The number of para-hydroxylation sites is 1. The summed E-state index contributed by atoms with van der Waals surface area (Å²) in [6, 6.07) is 10.5. The van der Waals surface area contributed by atoms with Crippen molar-refractivity contribution < 1.29 is 23.1 Å². The summed E-state index contributed by atoms with van der Waals surface area (Å²) in [6.45, 7) is 0. The Labute approximate surface area is 159 Å². The molecule has 0 spiro atoms. The van der Waals surface area contributed by atoms with E-state index in [1.54, 1.807) is 18.2 Å². The molecule has 0 unspecified atom stereocenters. The van der Waals surface area contributed by atoms with Gasteiger partial charge < -0.3 is 5.11 Å². The minimum absolute atomic E-state index is 0.0420. The summed E-state index contributed by atoms with van der Waals surface area (Å²) in [6.07, 6.45) is -3.93. The van der Waals surface area contributed by atoms with E-state index in [9.17, 15) is 23.1 Å². The molecule has 0 fully saturated rings. The highest BCUT2D eigenvalue weighted by molar-refractivity contribution is 9.10. The van der Waals surface area contributed by atoms with E-state index < -0.39 is 29.1 Å². The molecule has 0 atom stereocenters. The molecule has 3 rings (SSSR count). The highest BCUT2D eigenvalue weighted by Gasteiger charge is 2.46. The van der Waals surface area contributed by atoms with Gasteiger partial charge in [-0.3, -0.25) is 4.79 Å². The fraction of sp³-hybridized carbons (Fsp3) is 0.0588. The van der Waals surface area contributed by atoms with E-state index in [-0.39, 0.29) is 16.3 Å². The Hall–Kier alpha value is -2.32. The molecule has 0 bridgehead atoms. The molecule has 1 aliphatic heterocycles. The van der Waals surface area contributed by atoms with Crippen LogP contribution in [0.2, 0.25) is 5.02 Å². The van der Waals surface area contributed by atoms with Crippen molar-refractivity contribution in [2.75, 3.05) is 5.01 Å². The van der Waals surface area contributed by atoms with Crippen LogP contribution in [-0.2, 0) is 4.79 Å². The lowest BCUT2D eigenvalue weighted by atomic mass is 10.1. The van der Waals surface area contributed by atoms with Crippen molar-refractivity contribution in [1.82, 2.24) is 0 Å². The summed E-state index contributed by atoms with van der Waals surface area (Å²) in [5.41, 5.74) is -1.88. The monoisotopic (exact) mass is 444 g/mol. The number of halogens is 5. The molecular formula is C17H9BrClF3N2O2. The number of phenolic OH excluding ortho intramolecular Hbond substituents is 1. The van der Waals surface area contributed by atoms with Crippen LogP contribution in [0.25, 0.3) is 6.08 Å². The van der Waals surface area contributed by atoms with E-state index in [1.165, 1.54) is 24.3 Å². The summed E-state index contributed by atoms with van der Waals surface area (Å²) in [7, 11) is 0. The molecule has 1 amide bonds. The number of aromatic hydroxyl groups is 1. The number of hydrazone groups is 1. The zero-order valence-corrected chi connectivity index (χ0v) is 15.1. The number of carbonyl (C=O) groups excluding carboxylic acids is 1. The number of alkyl halides is 3. The maximum atomic E-state index is 13.4. The molecule has 1 aliphatic rings. The van der Waals surface area contributed by atoms with Crippen LogP contribution in [0, 0.1) is 0 Å². The van der Waals surface area contributed by atoms with Crippen LogP contribution in [0.5, 0.6) is 5.75 Å². The van der Waals surface area contributed by atoms with Crippen LogP contribution < -0.4 is 5.01 Å². The molecule has 0 saturated carbocycles. The Kier molecular flexibility index (Phi) is 4.81. The number of nitrogens with zero attached hydrogens (tertiary/aromatic N) is 2. The number of rotatable bonds is 2. The van der Waals surface area contributed by atoms with Gasteiger partial charge in [-0.2, -0.15) is 23.3 Å². The average Bonchev–Trinajstić information content (AvgIpc) is 2.90. The van der Waals surface area contributed by atoms with Crippen molar-refractivity contribution >= 4 is 50.9 Å². The van der Waals surface area contributed by atoms with Gasteiger partial charge in [-0.25, -0.2) is 0 Å². The lowest BCUT2D eigenvalue weighted by Crippen LogP contribution is -2.25. The van der Waals surface area contributed by atoms with Crippen molar-refractivity contribution in [3.05, 3.63) is 63.1 Å². The van der Waals surface area contributed by atoms with Crippen molar-refractivity contribution in [3.63, 3.8) is 0 Å². The van der Waals surface area contributed by atoms with Gasteiger partial charge in [-0.15, -0.1) is 0 Å². The summed E-state index contributed by atoms with van der Waals surface area (Å²) in [4.78, 5) is 12.6. The molecule has 0 radical (unpaired) electrons. The molecule has 1 heterocycles. The van der Waals surface area contributed by atoms with Crippen LogP contribution in [0.15, 0.2) is 57.6 Å². The van der Waals surface area contributed by atoms with Gasteiger partial charge in [0.05, 0.1) is 16.3 Å². The Morgan fingerprint density at radius 3 is 2.46 bits per heavy atom. The molecule has 134 valence electrons. The second-order valence-electron chi connectivity index (χ2n) is 5.28. The first-order chi connectivity index (χ1) is 12.2. The standard InChI is InChI=1S/C17H9BrClF3N2O2/c18-10-6-9(14(25)13(19)8-10)7-12-15(17(20,21)22)23-24(16(12)26)11-4-2-1-3-5-11/h1-8,25H/b12-7-. The SMILES string of the molecule is O=C1/C(=C\c2cc(Br)cc(Cl)c2O)C(C(F)(F)F)=NN1c1ccccc1. The molecule has 0 aliphatic carbocycles. The van der Waals surface area contributed by atoms with Gasteiger partial charge in [-0.1, -0.05) is 45.7 Å². The maximum Gasteiger partial charge on any atom is 0.435 e. The van der Waals surface area contributed by atoms with Gasteiger partial charge in [0.2, 0.25) is 0 Å². The maximum absolute atomic E-state index is 13.4. The topological polar surface area (TPSA) is 52.9 Å². The number of hydrogen-bond donors (Lipinski definition) is 1. The molecule has 2 aromatic carbocycles. The Morgan fingerprint density at radius 1 is 1.19 bits per heavy atom. The van der Waals surface area contributed by atoms with Gasteiger partial charge in [0.25, 0.3) is 5.91 Å². The van der Waals surface area contributed by atoms with E-state index in [2.05, 4.69) is 21.0 Å². The second kappa shape index (κ2) is 6.77. The van der Waals surface area contributed by atoms with Gasteiger partial charge in [0, 0.05) is 10.0 Å². The first-order valence-corrected chi connectivity index (χ1v) is 8.31. The molecule has 9 heteroatoms. The highest BCUT2D eigenvalue weighted by Crippen LogP contribution is 2.36. The normalized spacial score (nSPS) is 16.3. The number of benzene rings is 2. The van der Waals surface area contributed by atoms with Crippen LogP contribution in [0.4, 0.5) is 18.9 Å². The number of hydrogen-bond acceptors (Lipinski definition) is 3. The summed E-state index contributed by atoms with van der Waals surface area (Å²) < 4.78 is 40.6. The summed E-state index contributed by atoms with van der Waals surface area (Å²) in [5, 5.41) is 14.0. The zero-order valence-electron chi connectivity index (χ0n) is 12.8. The molecule has 26 heavy (non-hydrogen) atoms. The third kappa shape index (κ3) is 3.47. The first-order valence-electron chi connectivity index (χ1n) is 7.14. The smallest absolute Gasteiger partial charge is 0.435 e. The van der Waals surface area contributed by atoms with Gasteiger partial charge in [-0.05, 0) is 30.3 Å². The predicted octanol–water partition coefficient (Wildman–Crippen LogP) is 5.16. The van der Waals surface area contributed by atoms with Crippen molar-refractivity contribution in [1.29, 1.82) is 0 Å². The van der Waals surface area contributed by atoms with Crippen molar-refractivity contribution in [2.45, 2.75) is 6.18 Å². The van der Waals surface area contributed by atoms with E-state index in [4.69, 9.17) is 11.6 Å². The number of anilines is 1. The average molecular weight is 446 g/mol. The van der Waals surface area contributed by atoms with Crippen LogP contribution >= 0.6 is 27.5 Å². The van der Waals surface area contributed by atoms with E-state index in [0.717, 1.165) is 6.08 Å². The molecule has 4 nitrogen and oxygen atoms in total. The molecule has 0 aromatic heterocycles. The molecule has 2 aromatic rings. The lowest BCUT2D eigenvalue weighted by molar-refractivity contribution is -0.114. The van der Waals surface area contributed by atoms with Crippen LogP contribution in [0.1, 0.15) is 5.56 Å². The first kappa shape index (κ1) is 18.5. The van der Waals surface area contributed by atoms with Gasteiger partial charge in [0.15, 0.2) is 5.71 Å². The van der Waals surface area contributed by atoms with E-state index in [0.29, 0.717) is 9.48 Å². The third-order valence-corrected chi connectivity index (χ3v) is 4.25. The minimum Gasteiger partial charge on any atom is -0.506 e. The van der Waals surface area contributed by atoms with Crippen LogP contribution in [0.3, 0.4) is 0 Å². The zero-order chi connectivity index (χ0) is 19.1. The van der Waals surface area contributed by atoms with Crippen molar-refractivity contribution in [3.8, 4) is 5.75 Å². The molecule has 0 saturated heterocycles. The largest absolute Gasteiger partial charge is 0.506 e. The molecule has 1 N–H and O–H groups in total. The number of amides is 1. The quantitative estimate of drug-likeness (QED) is 0.650. The fourth-order valence-corrected chi connectivity index (χ4v) is 3.18. The van der Waals surface area contributed by atoms with E-state index in [1.807, 2.05) is 0 Å². The summed E-state index contributed by atoms with van der Waals surface area (Å²) >= 11 is 8.98. The summed E-state index contributed by atoms with van der Waals surface area (Å²) in [5.74, 6) is -1.39. The highest BCUT2D eigenvalue weighted by atomic mass is 79.9. The Balaban J connectivity index is 2.14. The lowest BCUT2D eigenvalue weighted by Gasteiger charge is -2.11. The van der Waals surface area contributed by atoms with Gasteiger partial charge >= 0.3 is 6.18 Å². The number of carbonyl (C=O) groups is 1. The fourth-order valence-electron chi connectivity index (χ4n) is 2.35. The van der Waals surface area contributed by atoms with Crippen LogP contribution in [-0.4, -0.2) is 22.9 Å². The predicted molar refractivity (Wildman–Crippen MR) is 96.2 cm³/mol. The van der Waals surface area contributed by atoms with E-state index >= 15 is 0 Å². The Morgan fingerprint density at radius 2 is 1.85 bits per heavy atom. The Bertz CT molecular complexity index is 943. The third-order valence-electron chi connectivity index (χ3n) is 3.50. The van der Waals surface area contributed by atoms with Gasteiger partial charge in [0.1, 0.15) is 5.75 Å². The minimum atomic E-state index is -4.85. The van der Waals surface area contributed by atoms with Crippen molar-refractivity contribution in [2.24, 2.45) is 5.10 Å².